The molecule has 3 aromatic carbocycles. The fourth-order valence-electron chi connectivity index (χ4n) is 3.70. The fraction of sp³-hybridized carbons (Fsp3) is 0.269. The van der Waals surface area contributed by atoms with Gasteiger partial charge < -0.3 is 14.8 Å². The highest BCUT2D eigenvalue weighted by molar-refractivity contribution is 5.72. The van der Waals surface area contributed by atoms with Crippen LogP contribution in [0.1, 0.15) is 36.0 Å². The summed E-state index contributed by atoms with van der Waals surface area (Å²) in [5.74, 6) is 1.55. The summed E-state index contributed by atoms with van der Waals surface area (Å²) in [5, 5.41) is 13.3. The van der Waals surface area contributed by atoms with Crippen molar-refractivity contribution < 1.29 is 9.47 Å². The second-order valence-electron chi connectivity index (χ2n) is 7.59. The summed E-state index contributed by atoms with van der Waals surface area (Å²) in [4.78, 5) is 0. The zero-order valence-electron chi connectivity index (χ0n) is 17.2. The lowest BCUT2D eigenvalue weighted by Gasteiger charge is -2.27. The molecule has 30 heavy (non-hydrogen) atoms. The average Bonchev–Trinajstić information content (AvgIpc) is 2.77. The zero-order chi connectivity index (χ0) is 20.8. The van der Waals surface area contributed by atoms with Gasteiger partial charge in [-0.05, 0) is 30.0 Å². The van der Waals surface area contributed by atoms with E-state index in [0.717, 1.165) is 40.3 Å². The predicted octanol–water partition coefficient (Wildman–Crippen LogP) is 5.45. The Labute approximate surface area is 178 Å². The molecule has 0 bridgehead atoms. The highest BCUT2D eigenvalue weighted by Crippen LogP contribution is 2.29. The van der Waals surface area contributed by atoms with Crippen molar-refractivity contribution in [1.29, 1.82) is 5.26 Å². The molecule has 4 nitrogen and oxygen atoms in total. The van der Waals surface area contributed by atoms with E-state index in [1.165, 1.54) is 19.3 Å². The molecule has 0 unspecified atom stereocenters. The molecule has 3 aromatic rings. The second kappa shape index (κ2) is 9.47. The van der Waals surface area contributed by atoms with E-state index in [2.05, 4.69) is 11.4 Å². The van der Waals surface area contributed by atoms with Crippen LogP contribution >= 0.6 is 0 Å². The van der Waals surface area contributed by atoms with E-state index >= 15 is 0 Å². The minimum Gasteiger partial charge on any atom is -0.496 e. The number of rotatable bonds is 8. The smallest absolute Gasteiger partial charge is 0.127 e. The predicted molar refractivity (Wildman–Crippen MR) is 118 cm³/mol. The van der Waals surface area contributed by atoms with Crippen LogP contribution in [-0.4, -0.2) is 13.2 Å². The van der Waals surface area contributed by atoms with Crippen LogP contribution in [0.25, 0.3) is 11.1 Å². The molecule has 1 N–H and O–H groups in total. The molecule has 0 aliphatic heterocycles. The summed E-state index contributed by atoms with van der Waals surface area (Å²) < 4.78 is 11.6. The second-order valence-corrected chi connectivity index (χ2v) is 7.59. The average molecular weight is 399 g/mol. The van der Waals surface area contributed by atoms with Crippen LogP contribution in [0.5, 0.6) is 11.5 Å². The number of hydrogen-bond donors (Lipinski definition) is 1. The molecule has 1 fully saturated rings. The Balaban J connectivity index is 1.48. The molecule has 0 radical (unpaired) electrons. The van der Waals surface area contributed by atoms with Gasteiger partial charge in [-0.1, -0.05) is 61.0 Å². The Bertz CT molecular complexity index is 1040. The van der Waals surface area contributed by atoms with Gasteiger partial charge in [0.1, 0.15) is 24.2 Å². The quantitative estimate of drug-likeness (QED) is 0.548. The Morgan fingerprint density at radius 1 is 1.00 bits per heavy atom. The van der Waals surface area contributed by atoms with Gasteiger partial charge in [-0.15, -0.1) is 0 Å². The van der Waals surface area contributed by atoms with Crippen LogP contribution < -0.4 is 14.8 Å². The third kappa shape index (κ3) is 4.48. The molecular weight excluding hydrogens is 372 g/mol. The summed E-state index contributed by atoms with van der Waals surface area (Å²) in [6.45, 7) is 1.12. The third-order valence-corrected chi connectivity index (χ3v) is 5.69. The van der Waals surface area contributed by atoms with E-state index in [1.54, 1.807) is 7.11 Å². The summed E-state index contributed by atoms with van der Waals surface area (Å²) >= 11 is 0. The SMILES string of the molecule is COc1cc(OCc2cccc(-c3ccccc3)c2C#N)ccc1CNC1CCC1. The minimum atomic E-state index is 0.326. The summed E-state index contributed by atoms with van der Waals surface area (Å²) in [7, 11) is 1.68. The monoisotopic (exact) mass is 398 g/mol. The number of hydrogen-bond acceptors (Lipinski definition) is 4. The molecule has 4 heteroatoms. The van der Waals surface area contributed by atoms with Crippen molar-refractivity contribution in [2.24, 2.45) is 0 Å². The molecule has 0 aromatic heterocycles. The Morgan fingerprint density at radius 2 is 1.83 bits per heavy atom. The first-order valence-electron chi connectivity index (χ1n) is 10.4. The summed E-state index contributed by atoms with van der Waals surface area (Å²) in [5.41, 5.74) is 4.60. The zero-order valence-corrected chi connectivity index (χ0v) is 17.2. The normalized spacial score (nSPS) is 13.3. The summed E-state index contributed by atoms with van der Waals surface area (Å²) in [6, 6.07) is 24.8. The molecule has 0 amide bonds. The first kappa shape index (κ1) is 20.0. The maximum absolute atomic E-state index is 9.77. The van der Waals surface area contributed by atoms with Gasteiger partial charge in [0.2, 0.25) is 0 Å². The lowest BCUT2D eigenvalue weighted by Crippen LogP contribution is -2.34. The van der Waals surface area contributed by atoms with Gasteiger partial charge in [-0.3, -0.25) is 0 Å². The minimum absolute atomic E-state index is 0.326. The largest absolute Gasteiger partial charge is 0.496 e. The first-order valence-corrected chi connectivity index (χ1v) is 10.4. The van der Waals surface area contributed by atoms with E-state index < -0.39 is 0 Å². The van der Waals surface area contributed by atoms with Crippen LogP contribution in [0.2, 0.25) is 0 Å². The summed E-state index contributed by atoms with van der Waals surface area (Å²) in [6.07, 6.45) is 3.83. The Hall–Kier alpha value is -3.29. The lowest BCUT2D eigenvalue weighted by atomic mass is 9.93. The highest BCUT2D eigenvalue weighted by Gasteiger charge is 2.17. The molecular formula is C26H26N2O2. The van der Waals surface area contributed by atoms with Crippen molar-refractivity contribution in [3.63, 3.8) is 0 Å². The van der Waals surface area contributed by atoms with Gasteiger partial charge >= 0.3 is 0 Å². The van der Waals surface area contributed by atoms with Crippen LogP contribution in [0.15, 0.2) is 66.7 Å². The topological polar surface area (TPSA) is 54.3 Å². The molecule has 4 rings (SSSR count). The van der Waals surface area contributed by atoms with Gasteiger partial charge in [-0.2, -0.15) is 5.26 Å². The van der Waals surface area contributed by atoms with Crippen LogP contribution in [0.3, 0.4) is 0 Å². The van der Waals surface area contributed by atoms with Crippen LogP contribution in [-0.2, 0) is 13.2 Å². The van der Waals surface area contributed by atoms with Crippen molar-refractivity contribution in [3.8, 4) is 28.7 Å². The maximum atomic E-state index is 9.77. The van der Waals surface area contributed by atoms with E-state index in [1.807, 2.05) is 66.7 Å². The number of nitriles is 1. The highest BCUT2D eigenvalue weighted by atomic mass is 16.5. The van der Waals surface area contributed by atoms with E-state index in [4.69, 9.17) is 9.47 Å². The molecule has 0 spiro atoms. The van der Waals surface area contributed by atoms with Gasteiger partial charge in [-0.25, -0.2) is 0 Å². The molecule has 0 atom stereocenters. The molecule has 1 aliphatic carbocycles. The molecule has 1 aliphatic rings. The van der Waals surface area contributed by atoms with Gasteiger partial charge in [0, 0.05) is 29.8 Å². The van der Waals surface area contributed by atoms with Crippen molar-refractivity contribution in [2.45, 2.75) is 38.5 Å². The van der Waals surface area contributed by atoms with E-state index in [9.17, 15) is 5.26 Å². The Morgan fingerprint density at radius 3 is 2.53 bits per heavy atom. The molecule has 1 saturated carbocycles. The van der Waals surface area contributed by atoms with Crippen molar-refractivity contribution in [2.75, 3.05) is 7.11 Å². The van der Waals surface area contributed by atoms with Crippen molar-refractivity contribution in [1.82, 2.24) is 5.32 Å². The number of ether oxygens (including phenoxy) is 2. The fourth-order valence-corrected chi connectivity index (χ4v) is 3.70. The van der Waals surface area contributed by atoms with Crippen LogP contribution in [0, 0.1) is 11.3 Å². The van der Waals surface area contributed by atoms with E-state index in [-0.39, 0.29) is 0 Å². The maximum Gasteiger partial charge on any atom is 0.127 e. The van der Waals surface area contributed by atoms with E-state index in [0.29, 0.717) is 18.2 Å². The first-order chi connectivity index (χ1) is 14.8. The number of benzene rings is 3. The van der Waals surface area contributed by atoms with Crippen LogP contribution in [0.4, 0.5) is 0 Å². The number of nitrogens with zero attached hydrogens (tertiary/aromatic N) is 1. The lowest BCUT2D eigenvalue weighted by molar-refractivity contribution is 0.302. The number of methoxy groups -OCH3 is 1. The third-order valence-electron chi connectivity index (χ3n) is 5.69. The molecule has 152 valence electrons. The van der Waals surface area contributed by atoms with Gasteiger partial charge in [0.15, 0.2) is 0 Å². The van der Waals surface area contributed by atoms with Crippen molar-refractivity contribution in [3.05, 3.63) is 83.4 Å². The molecule has 0 saturated heterocycles. The van der Waals surface area contributed by atoms with Crippen molar-refractivity contribution >= 4 is 0 Å². The standard InChI is InChI=1S/C26H26N2O2/c1-29-26-15-23(14-13-20(26)17-28-22-10-6-11-22)30-18-21-9-5-12-24(25(21)16-27)19-7-3-2-4-8-19/h2-5,7-9,12-15,22,28H,6,10-11,17-18H2,1H3. The Kier molecular flexibility index (Phi) is 6.32. The van der Waals surface area contributed by atoms with Gasteiger partial charge in [0.25, 0.3) is 0 Å². The van der Waals surface area contributed by atoms with Gasteiger partial charge in [0.05, 0.1) is 12.7 Å². The number of nitrogens with one attached hydrogen (secondary N) is 1. The molecule has 0 heterocycles.